The lowest BCUT2D eigenvalue weighted by molar-refractivity contribution is -0.0926. The molecule has 1 heterocycles. The molecule has 1 saturated heterocycles. The van der Waals surface area contributed by atoms with E-state index < -0.39 is 16.9 Å². The molecule has 0 aromatic heterocycles. The van der Waals surface area contributed by atoms with E-state index in [2.05, 4.69) is 5.32 Å². The van der Waals surface area contributed by atoms with Crippen LogP contribution >= 0.6 is 0 Å². The van der Waals surface area contributed by atoms with Gasteiger partial charge in [0, 0.05) is 5.75 Å². The molecular formula is C9H18F2N2OS. The number of nitrogens with one attached hydrogen (secondary N) is 1. The average molecular weight is 240 g/mol. The van der Waals surface area contributed by atoms with E-state index in [4.69, 9.17) is 0 Å². The summed E-state index contributed by atoms with van der Waals surface area (Å²) in [6.45, 7) is 3.19. The van der Waals surface area contributed by atoms with Crippen LogP contribution in [0.25, 0.3) is 0 Å². The summed E-state index contributed by atoms with van der Waals surface area (Å²) in [5.41, 5.74) is 0. The van der Waals surface area contributed by atoms with Crippen LogP contribution in [0.1, 0.15) is 19.8 Å². The van der Waals surface area contributed by atoms with E-state index in [-0.39, 0.29) is 13.1 Å². The van der Waals surface area contributed by atoms with E-state index in [0.29, 0.717) is 5.75 Å². The lowest BCUT2D eigenvalue weighted by atomic mass is 10.2. The van der Waals surface area contributed by atoms with Crippen LogP contribution in [0.15, 0.2) is 0 Å². The van der Waals surface area contributed by atoms with Gasteiger partial charge in [0.15, 0.2) is 0 Å². The van der Waals surface area contributed by atoms with E-state index in [9.17, 15) is 13.0 Å². The van der Waals surface area contributed by atoms with Gasteiger partial charge in [-0.2, -0.15) is 0 Å². The molecule has 0 aliphatic carbocycles. The summed E-state index contributed by atoms with van der Waals surface area (Å²) in [5.74, 6) is -2.11. The van der Waals surface area contributed by atoms with Gasteiger partial charge in [-0.1, -0.05) is 6.92 Å². The van der Waals surface area contributed by atoms with Crippen molar-refractivity contribution in [2.75, 3.05) is 31.9 Å². The molecule has 6 heteroatoms. The second-order valence-electron chi connectivity index (χ2n) is 3.74. The van der Waals surface area contributed by atoms with Crippen molar-refractivity contribution < 1.29 is 13.0 Å². The van der Waals surface area contributed by atoms with Crippen molar-refractivity contribution in [2.45, 2.75) is 25.7 Å². The Kier molecular flexibility index (Phi) is 5.08. The van der Waals surface area contributed by atoms with Crippen molar-refractivity contribution in [3.05, 3.63) is 0 Å². The number of hydrogen-bond donors (Lipinski definition) is 1. The Morgan fingerprint density at radius 2 is 2.07 bits per heavy atom. The Bertz CT molecular complexity index is 218. The number of nitrogens with zero attached hydrogens (tertiary/aromatic N) is 1. The van der Waals surface area contributed by atoms with Crippen LogP contribution in [0.4, 0.5) is 8.78 Å². The molecule has 1 N–H and O–H groups in total. The highest BCUT2D eigenvalue weighted by Crippen LogP contribution is 2.27. The Hall–Kier alpha value is -0.0700. The monoisotopic (exact) mass is 240 g/mol. The van der Waals surface area contributed by atoms with Crippen molar-refractivity contribution in [1.82, 2.24) is 9.62 Å². The van der Waals surface area contributed by atoms with E-state index in [0.717, 1.165) is 25.9 Å². The second kappa shape index (κ2) is 5.86. The molecule has 0 aromatic rings. The summed E-state index contributed by atoms with van der Waals surface area (Å²) in [6.07, 6.45) is 1.77. The maximum atomic E-state index is 12.5. The molecule has 1 unspecified atom stereocenters. The van der Waals surface area contributed by atoms with Crippen LogP contribution in [0.5, 0.6) is 0 Å². The van der Waals surface area contributed by atoms with Crippen LogP contribution < -0.4 is 5.32 Å². The zero-order valence-corrected chi connectivity index (χ0v) is 9.79. The molecule has 1 aliphatic heterocycles. The van der Waals surface area contributed by atoms with Crippen LogP contribution in [0.2, 0.25) is 0 Å². The first-order valence-electron chi connectivity index (χ1n) is 5.27. The molecule has 15 heavy (non-hydrogen) atoms. The predicted octanol–water partition coefficient (Wildman–Crippen LogP) is 0.991. The highest BCUT2D eigenvalue weighted by Gasteiger charge is 2.46. The van der Waals surface area contributed by atoms with Gasteiger partial charge in [-0.15, -0.1) is 0 Å². The van der Waals surface area contributed by atoms with Gasteiger partial charge in [0.2, 0.25) is 0 Å². The summed E-state index contributed by atoms with van der Waals surface area (Å²) >= 11 is 0. The zero-order chi connectivity index (χ0) is 11.3. The highest BCUT2D eigenvalue weighted by atomic mass is 32.2. The van der Waals surface area contributed by atoms with E-state index >= 15 is 0 Å². The molecule has 0 amide bonds. The summed E-state index contributed by atoms with van der Waals surface area (Å²) in [7, 11) is -1.20. The number of unbranched alkanes of at least 4 members (excludes halogenated alkanes) is 1. The molecule has 1 fully saturated rings. The first-order chi connectivity index (χ1) is 7.05. The fourth-order valence-electron chi connectivity index (χ4n) is 1.40. The molecule has 1 atom stereocenters. The van der Waals surface area contributed by atoms with E-state index in [1.807, 2.05) is 6.92 Å². The van der Waals surface area contributed by atoms with Crippen LogP contribution in [0, 0.1) is 0 Å². The minimum Gasteiger partial charge on any atom is -0.317 e. The van der Waals surface area contributed by atoms with Gasteiger partial charge in [-0.25, -0.2) is 17.3 Å². The predicted molar refractivity (Wildman–Crippen MR) is 57.3 cm³/mol. The summed E-state index contributed by atoms with van der Waals surface area (Å²) in [6, 6.07) is 0. The van der Waals surface area contributed by atoms with Gasteiger partial charge in [0.1, 0.15) is 0 Å². The van der Waals surface area contributed by atoms with Crippen molar-refractivity contribution >= 4 is 11.0 Å². The molecule has 90 valence electrons. The number of rotatable bonds is 7. The largest absolute Gasteiger partial charge is 0.317 e. The second-order valence-corrected chi connectivity index (χ2v) is 5.31. The van der Waals surface area contributed by atoms with Crippen molar-refractivity contribution in [3.8, 4) is 0 Å². The highest BCUT2D eigenvalue weighted by molar-refractivity contribution is 7.82. The third-order valence-electron chi connectivity index (χ3n) is 2.28. The molecular weight excluding hydrogens is 222 g/mol. The molecule has 0 bridgehead atoms. The fraction of sp³-hybridized carbons (Fsp3) is 1.00. The molecule has 0 saturated carbocycles. The first kappa shape index (κ1) is 13.0. The Balaban J connectivity index is 2.00. The Morgan fingerprint density at radius 3 is 2.60 bits per heavy atom. The lowest BCUT2D eigenvalue weighted by Gasteiger charge is -2.37. The van der Waals surface area contributed by atoms with Crippen LogP contribution in [-0.2, 0) is 11.0 Å². The normalized spacial score (nSPS) is 22.3. The molecule has 0 spiro atoms. The van der Waals surface area contributed by atoms with E-state index in [1.165, 1.54) is 4.31 Å². The van der Waals surface area contributed by atoms with Crippen LogP contribution in [0.3, 0.4) is 0 Å². The number of alkyl halides is 2. The smallest absolute Gasteiger partial charge is 0.274 e. The minimum absolute atomic E-state index is 0.340. The molecule has 3 nitrogen and oxygen atoms in total. The van der Waals surface area contributed by atoms with Gasteiger partial charge in [-0.3, -0.25) is 0 Å². The number of halogens is 2. The molecule has 0 aromatic carbocycles. The maximum absolute atomic E-state index is 12.5. The van der Waals surface area contributed by atoms with Gasteiger partial charge in [-0.05, 0) is 25.9 Å². The summed E-state index contributed by atoms with van der Waals surface area (Å²) in [4.78, 5) is 0. The van der Waals surface area contributed by atoms with Gasteiger partial charge < -0.3 is 5.32 Å². The maximum Gasteiger partial charge on any atom is 0.274 e. The average Bonchev–Trinajstić information content (AvgIpc) is 2.13. The topological polar surface area (TPSA) is 32.3 Å². The van der Waals surface area contributed by atoms with Crippen molar-refractivity contribution in [2.24, 2.45) is 0 Å². The van der Waals surface area contributed by atoms with Crippen molar-refractivity contribution in [1.29, 1.82) is 0 Å². The summed E-state index contributed by atoms with van der Waals surface area (Å²) in [5, 5.41) is 3.16. The molecule has 1 aliphatic rings. The quantitative estimate of drug-likeness (QED) is 0.673. The lowest BCUT2D eigenvalue weighted by Crippen LogP contribution is -2.56. The SMILES string of the molecule is CCNCCCCS(=O)N1CC(F)(F)C1. The fourth-order valence-corrected chi connectivity index (χ4v) is 2.77. The van der Waals surface area contributed by atoms with Crippen molar-refractivity contribution in [3.63, 3.8) is 0 Å². The summed E-state index contributed by atoms with van der Waals surface area (Å²) < 4.78 is 37.7. The van der Waals surface area contributed by atoms with Gasteiger partial charge >= 0.3 is 0 Å². The van der Waals surface area contributed by atoms with Crippen LogP contribution in [-0.4, -0.2) is 46.4 Å². The Morgan fingerprint density at radius 1 is 1.40 bits per heavy atom. The van der Waals surface area contributed by atoms with Gasteiger partial charge in [0.05, 0.1) is 24.1 Å². The molecule has 0 radical (unpaired) electrons. The zero-order valence-electron chi connectivity index (χ0n) is 8.97. The number of hydrogen-bond acceptors (Lipinski definition) is 2. The van der Waals surface area contributed by atoms with Gasteiger partial charge in [0.25, 0.3) is 5.92 Å². The first-order valence-corrected chi connectivity index (χ1v) is 6.55. The van der Waals surface area contributed by atoms with E-state index in [1.54, 1.807) is 0 Å². The third-order valence-corrected chi connectivity index (χ3v) is 3.75. The Labute approximate surface area is 91.8 Å². The third kappa shape index (κ3) is 4.53. The standard InChI is InChI=1S/C9H18F2N2OS/c1-2-12-5-3-4-6-15(14)13-7-9(10,11)8-13/h12H,2-8H2,1H3. The molecule has 1 rings (SSSR count). The minimum atomic E-state index is -2.61.